The molecule has 0 fully saturated rings. The number of hydrogen-bond acceptors (Lipinski definition) is 5. The molecule has 0 aliphatic rings. The molecule has 0 amide bonds. The molecule has 0 bridgehead atoms. The number of rotatable bonds is 5. The topological polar surface area (TPSA) is 84.8 Å². The molecule has 0 radical (unpaired) electrons. The van der Waals surface area contributed by atoms with Crippen molar-refractivity contribution < 1.29 is 17.9 Å². The van der Waals surface area contributed by atoms with Crippen molar-refractivity contribution in [2.24, 2.45) is 5.10 Å². The molecular weight excluding hydrogens is 328 g/mol. The third-order valence-electron chi connectivity index (χ3n) is 3.37. The molecule has 6 nitrogen and oxygen atoms in total. The van der Waals surface area contributed by atoms with Crippen molar-refractivity contribution in [1.82, 2.24) is 4.83 Å². The summed E-state index contributed by atoms with van der Waals surface area (Å²) in [5.74, 6) is -0.420. The van der Waals surface area contributed by atoms with E-state index in [1.54, 1.807) is 37.3 Å². The van der Waals surface area contributed by atoms with E-state index >= 15 is 0 Å². The summed E-state index contributed by atoms with van der Waals surface area (Å²) in [7, 11) is -2.39. The number of aryl methyl sites for hydroxylation is 2. The minimum absolute atomic E-state index is 0.141. The van der Waals surface area contributed by atoms with E-state index in [0.717, 1.165) is 5.56 Å². The van der Waals surface area contributed by atoms with Crippen molar-refractivity contribution in [1.29, 1.82) is 0 Å². The smallest absolute Gasteiger partial charge is 0.338 e. The minimum atomic E-state index is -3.70. The number of ether oxygens (including phenoxy) is 1. The van der Waals surface area contributed by atoms with E-state index in [-0.39, 0.29) is 4.90 Å². The van der Waals surface area contributed by atoms with Crippen LogP contribution in [0.4, 0.5) is 0 Å². The molecule has 0 saturated heterocycles. The summed E-state index contributed by atoms with van der Waals surface area (Å²) in [5, 5.41) is 3.77. The number of benzene rings is 2. The summed E-state index contributed by atoms with van der Waals surface area (Å²) in [4.78, 5) is 13.8. The predicted molar refractivity (Wildman–Crippen MR) is 91.6 cm³/mol. The lowest BCUT2D eigenvalue weighted by Crippen LogP contribution is -2.18. The van der Waals surface area contributed by atoms with Crippen LogP contribution in [0.1, 0.15) is 27.0 Å². The third kappa shape index (κ3) is 4.20. The predicted octanol–water partition coefficient (Wildman–Crippen LogP) is 2.40. The lowest BCUT2D eigenvalue weighted by atomic mass is 10.1. The first-order valence-electron chi connectivity index (χ1n) is 7.14. The van der Waals surface area contributed by atoms with Gasteiger partial charge in [0.2, 0.25) is 0 Å². The quantitative estimate of drug-likeness (QED) is 0.512. The van der Waals surface area contributed by atoms with Crippen LogP contribution in [0.3, 0.4) is 0 Å². The molecular formula is C17H18N2O4S. The highest BCUT2D eigenvalue weighted by molar-refractivity contribution is 7.89. The maximum absolute atomic E-state index is 12.1. The molecule has 0 aliphatic heterocycles. The second-order valence-corrected chi connectivity index (χ2v) is 6.89. The monoisotopic (exact) mass is 346 g/mol. The summed E-state index contributed by atoms with van der Waals surface area (Å²) >= 11 is 0. The minimum Gasteiger partial charge on any atom is -0.465 e. The first kappa shape index (κ1) is 17.7. The summed E-state index contributed by atoms with van der Waals surface area (Å²) in [6.07, 6.45) is 1.37. The van der Waals surface area contributed by atoms with Gasteiger partial charge in [-0.1, -0.05) is 23.8 Å². The normalized spacial score (nSPS) is 11.5. The van der Waals surface area contributed by atoms with Crippen LogP contribution in [0.15, 0.2) is 52.5 Å². The van der Waals surface area contributed by atoms with Gasteiger partial charge in [0.05, 0.1) is 23.8 Å². The Labute approximate surface area is 141 Å². The standard InChI is InChI=1S/C17H18N2O4S/c1-12-4-7-15(8-5-12)24(21,22)19-18-11-14-6-9-16(13(2)10-14)17(20)23-3/h4-11,19H,1-3H3/b18-11+. The average Bonchev–Trinajstić information content (AvgIpc) is 2.54. The van der Waals surface area contributed by atoms with Gasteiger partial charge < -0.3 is 4.74 Å². The van der Waals surface area contributed by atoms with Gasteiger partial charge in [-0.25, -0.2) is 9.63 Å². The molecule has 0 saturated carbocycles. The van der Waals surface area contributed by atoms with E-state index in [1.165, 1.54) is 25.5 Å². The van der Waals surface area contributed by atoms with Crippen LogP contribution in [0, 0.1) is 13.8 Å². The number of nitrogens with one attached hydrogen (secondary N) is 1. The molecule has 24 heavy (non-hydrogen) atoms. The van der Waals surface area contributed by atoms with Gasteiger partial charge in [-0.3, -0.25) is 0 Å². The summed E-state index contributed by atoms with van der Waals surface area (Å²) < 4.78 is 28.9. The first-order chi connectivity index (χ1) is 11.3. The third-order valence-corrected chi connectivity index (χ3v) is 4.61. The van der Waals surface area contributed by atoms with Crippen molar-refractivity contribution in [3.05, 3.63) is 64.7 Å². The second kappa shape index (κ2) is 7.27. The number of carbonyl (C=O) groups excluding carboxylic acids is 1. The van der Waals surface area contributed by atoms with Gasteiger partial charge in [-0.2, -0.15) is 13.5 Å². The molecule has 1 N–H and O–H groups in total. The van der Waals surface area contributed by atoms with Gasteiger partial charge in [-0.05, 0) is 49.2 Å². The van der Waals surface area contributed by atoms with Crippen LogP contribution in [0.25, 0.3) is 0 Å². The molecule has 0 atom stereocenters. The largest absolute Gasteiger partial charge is 0.465 e. The highest BCUT2D eigenvalue weighted by Gasteiger charge is 2.12. The fourth-order valence-corrected chi connectivity index (χ4v) is 2.84. The fourth-order valence-electron chi connectivity index (χ4n) is 2.05. The molecule has 0 aromatic heterocycles. The van der Waals surface area contributed by atoms with Gasteiger partial charge in [0.15, 0.2) is 0 Å². The van der Waals surface area contributed by atoms with Crippen molar-refractivity contribution >= 4 is 22.2 Å². The van der Waals surface area contributed by atoms with Gasteiger partial charge >= 0.3 is 5.97 Å². The zero-order valence-corrected chi connectivity index (χ0v) is 14.4. The van der Waals surface area contributed by atoms with E-state index in [2.05, 4.69) is 14.7 Å². The molecule has 126 valence electrons. The van der Waals surface area contributed by atoms with Crippen LogP contribution in [-0.2, 0) is 14.8 Å². The van der Waals surface area contributed by atoms with Crippen LogP contribution in [0.5, 0.6) is 0 Å². The Morgan fingerprint density at radius 1 is 1.12 bits per heavy atom. The molecule has 2 aromatic rings. The Balaban J connectivity index is 2.12. The number of hydrogen-bond donors (Lipinski definition) is 1. The Kier molecular flexibility index (Phi) is 5.35. The van der Waals surface area contributed by atoms with Crippen LogP contribution in [0.2, 0.25) is 0 Å². The van der Waals surface area contributed by atoms with Crippen LogP contribution < -0.4 is 4.83 Å². The summed E-state index contributed by atoms with van der Waals surface area (Å²) in [6, 6.07) is 11.4. The lowest BCUT2D eigenvalue weighted by molar-refractivity contribution is 0.0600. The molecule has 7 heteroatoms. The highest BCUT2D eigenvalue weighted by atomic mass is 32.2. The van der Waals surface area contributed by atoms with Crippen molar-refractivity contribution in [3.8, 4) is 0 Å². The number of nitrogens with zero attached hydrogens (tertiary/aromatic N) is 1. The Morgan fingerprint density at radius 2 is 1.79 bits per heavy atom. The van der Waals surface area contributed by atoms with E-state index in [0.29, 0.717) is 16.7 Å². The van der Waals surface area contributed by atoms with Crippen molar-refractivity contribution in [2.75, 3.05) is 7.11 Å². The van der Waals surface area contributed by atoms with Gasteiger partial charge in [0.25, 0.3) is 10.0 Å². The fraction of sp³-hybridized carbons (Fsp3) is 0.176. The highest BCUT2D eigenvalue weighted by Crippen LogP contribution is 2.12. The van der Waals surface area contributed by atoms with Crippen LogP contribution in [-0.4, -0.2) is 27.7 Å². The van der Waals surface area contributed by atoms with Crippen molar-refractivity contribution in [3.63, 3.8) is 0 Å². The number of esters is 1. The SMILES string of the molecule is COC(=O)c1ccc(/C=N/NS(=O)(=O)c2ccc(C)cc2)cc1C. The van der Waals surface area contributed by atoms with Gasteiger partial charge in [0, 0.05) is 0 Å². The number of hydrazone groups is 1. The molecule has 0 aliphatic carbocycles. The molecule has 0 heterocycles. The Hall–Kier alpha value is -2.67. The summed E-state index contributed by atoms with van der Waals surface area (Å²) in [6.45, 7) is 3.64. The second-order valence-electron chi connectivity index (χ2n) is 5.23. The maximum Gasteiger partial charge on any atom is 0.338 e. The molecule has 2 aromatic carbocycles. The van der Waals surface area contributed by atoms with E-state index < -0.39 is 16.0 Å². The van der Waals surface area contributed by atoms with Crippen LogP contribution >= 0.6 is 0 Å². The first-order valence-corrected chi connectivity index (χ1v) is 8.62. The number of sulfonamides is 1. The summed E-state index contributed by atoms with van der Waals surface area (Å²) in [5.41, 5.74) is 2.80. The molecule has 0 spiro atoms. The lowest BCUT2D eigenvalue weighted by Gasteiger charge is -2.05. The Morgan fingerprint density at radius 3 is 2.38 bits per heavy atom. The van der Waals surface area contributed by atoms with E-state index in [1.807, 2.05) is 6.92 Å². The zero-order valence-electron chi connectivity index (χ0n) is 13.6. The number of methoxy groups -OCH3 is 1. The zero-order chi connectivity index (χ0) is 17.7. The van der Waals surface area contributed by atoms with Gasteiger partial charge in [0.1, 0.15) is 0 Å². The maximum atomic E-state index is 12.1. The average molecular weight is 346 g/mol. The van der Waals surface area contributed by atoms with Gasteiger partial charge in [-0.15, -0.1) is 0 Å². The van der Waals surface area contributed by atoms with Crippen molar-refractivity contribution in [2.45, 2.75) is 18.7 Å². The Bertz CT molecular complexity index is 872. The van der Waals surface area contributed by atoms with E-state index in [9.17, 15) is 13.2 Å². The molecule has 0 unspecified atom stereocenters. The van der Waals surface area contributed by atoms with E-state index in [4.69, 9.17) is 0 Å². The number of carbonyl (C=O) groups is 1. The molecule has 2 rings (SSSR count).